The van der Waals surface area contributed by atoms with E-state index in [1.807, 2.05) is 6.92 Å². The van der Waals surface area contributed by atoms with Gasteiger partial charge in [0, 0.05) is 6.42 Å². The van der Waals surface area contributed by atoms with Gasteiger partial charge >= 0.3 is 5.97 Å². The van der Waals surface area contributed by atoms with E-state index in [1.54, 1.807) is 0 Å². The van der Waals surface area contributed by atoms with Gasteiger partial charge in [-0.1, -0.05) is 18.6 Å². The summed E-state index contributed by atoms with van der Waals surface area (Å²) in [6.07, 6.45) is 4.17. The van der Waals surface area contributed by atoms with E-state index in [4.69, 9.17) is 5.11 Å². The highest BCUT2D eigenvalue weighted by molar-refractivity contribution is 5.66. The molecule has 0 aliphatic heterocycles. The zero-order valence-corrected chi connectivity index (χ0v) is 8.13. The second-order valence-electron chi connectivity index (χ2n) is 3.38. The number of hydrogen-bond acceptors (Lipinski definition) is 1. The average molecular weight is 170 g/mol. The van der Waals surface area contributed by atoms with Crippen molar-refractivity contribution >= 4 is 5.97 Å². The van der Waals surface area contributed by atoms with Crippen molar-refractivity contribution in [1.82, 2.24) is 0 Å². The SMILES string of the molecule is CC=C(C)CC(C)CCC(=O)O. The summed E-state index contributed by atoms with van der Waals surface area (Å²) in [5.74, 6) is -0.211. The minimum Gasteiger partial charge on any atom is -0.481 e. The number of aliphatic carboxylic acids is 1. The van der Waals surface area contributed by atoms with E-state index in [2.05, 4.69) is 19.9 Å². The second-order valence-corrected chi connectivity index (χ2v) is 3.38. The van der Waals surface area contributed by atoms with Crippen LogP contribution < -0.4 is 0 Å². The van der Waals surface area contributed by atoms with Crippen LogP contribution in [-0.2, 0) is 4.79 Å². The highest BCUT2D eigenvalue weighted by Crippen LogP contribution is 2.15. The summed E-state index contributed by atoms with van der Waals surface area (Å²) in [4.78, 5) is 10.2. The van der Waals surface area contributed by atoms with Crippen LogP contribution in [0.4, 0.5) is 0 Å². The van der Waals surface area contributed by atoms with E-state index in [0.717, 1.165) is 12.8 Å². The lowest BCUT2D eigenvalue weighted by Crippen LogP contribution is -2.01. The summed E-state index contributed by atoms with van der Waals surface area (Å²) in [5, 5.41) is 8.44. The van der Waals surface area contributed by atoms with Gasteiger partial charge in [0.15, 0.2) is 0 Å². The number of carboxylic acids is 1. The molecule has 0 aliphatic rings. The lowest BCUT2D eigenvalue weighted by Gasteiger charge is -2.09. The van der Waals surface area contributed by atoms with Gasteiger partial charge < -0.3 is 5.11 Å². The molecule has 0 aromatic rings. The Morgan fingerprint density at radius 3 is 2.58 bits per heavy atom. The molecule has 12 heavy (non-hydrogen) atoms. The molecule has 1 atom stereocenters. The maximum atomic E-state index is 10.2. The van der Waals surface area contributed by atoms with Gasteiger partial charge in [-0.25, -0.2) is 0 Å². The Bertz CT molecular complexity index is 171. The van der Waals surface area contributed by atoms with E-state index >= 15 is 0 Å². The van der Waals surface area contributed by atoms with Gasteiger partial charge in [0.25, 0.3) is 0 Å². The van der Waals surface area contributed by atoms with Crippen molar-refractivity contribution < 1.29 is 9.90 Å². The fourth-order valence-electron chi connectivity index (χ4n) is 1.14. The highest BCUT2D eigenvalue weighted by atomic mass is 16.4. The van der Waals surface area contributed by atoms with Crippen LogP contribution in [0.1, 0.15) is 40.0 Å². The molecule has 0 aromatic heterocycles. The predicted octanol–water partition coefficient (Wildman–Crippen LogP) is 2.84. The summed E-state index contributed by atoms with van der Waals surface area (Å²) < 4.78 is 0. The Kier molecular flexibility index (Phi) is 5.43. The predicted molar refractivity (Wildman–Crippen MR) is 50.1 cm³/mol. The Morgan fingerprint density at radius 2 is 2.17 bits per heavy atom. The monoisotopic (exact) mass is 170 g/mol. The Labute approximate surface area is 74.3 Å². The number of hydrogen-bond donors (Lipinski definition) is 1. The number of carboxylic acid groups (broad SMARTS) is 1. The Balaban J connectivity index is 3.59. The summed E-state index contributed by atoms with van der Waals surface area (Å²) in [5.41, 5.74) is 1.34. The number of allylic oxidation sites excluding steroid dienone is 2. The van der Waals surface area contributed by atoms with Crippen molar-refractivity contribution in [3.8, 4) is 0 Å². The van der Waals surface area contributed by atoms with E-state index in [1.165, 1.54) is 5.57 Å². The van der Waals surface area contributed by atoms with E-state index in [-0.39, 0.29) is 6.42 Å². The van der Waals surface area contributed by atoms with E-state index in [0.29, 0.717) is 5.92 Å². The molecule has 0 fully saturated rings. The third-order valence-corrected chi connectivity index (χ3v) is 2.01. The van der Waals surface area contributed by atoms with Crippen molar-refractivity contribution in [2.75, 3.05) is 0 Å². The van der Waals surface area contributed by atoms with Gasteiger partial charge in [-0.05, 0) is 32.6 Å². The largest absolute Gasteiger partial charge is 0.481 e. The topological polar surface area (TPSA) is 37.3 Å². The van der Waals surface area contributed by atoms with Gasteiger partial charge in [-0.15, -0.1) is 0 Å². The van der Waals surface area contributed by atoms with Crippen LogP contribution >= 0.6 is 0 Å². The molecule has 0 bridgehead atoms. The summed E-state index contributed by atoms with van der Waals surface area (Å²) in [6.45, 7) is 6.19. The van der Waals surface area contributed by atoms with Gasteiger partial charge in [0.2, 0.25) is 0 Å². The Hall–Kier alpha value is -0.790. The first-order valence-corrected chi connectivity index (χ1v) is 4.39. The fraction of sp³-hybridized carbons (Fsp3) is 0.700. The molecule has 0 aromatic carbocycles. The standard InChI is InChI=1S/C10H18O2/c1-4-8(2)7-9(3)5-6-10(11)12/h4,9H,5-7H2,1-3H3,(H,11,12). The third-order valence-electron chi connectivity index (χ3n) is 2.01. The maximum absolute atomic E-state index is 10.2. The number of carbonyl (C=O) groups is 1. The molecule has 1 unspecified atom stereocenters. The van der Waals surface area contributed by atoms with Crippen LogP contribution in [0.2, 0.25) is 0 Å². The fourth-order valence-corrected chi connectivity index (χ4v) is 1.14. The molecule has 0 heterocycles. The lowest BCUT2D eigenvalue weighted by molar-refractivity contribution is -0.137. The molecule has 1 N–H and O–H groups in total. The van der Waals surface area contributed by atoms with Crippen LogP contribution in [0, 0.1) is 5.92 Å². The molecule has 2 heteroatoms. The minimum absolute atomic E-state index is 0.290. The summed E-state index contributed by atoms with van der Waals surface area (Å²) in [6, 6.07) is 0. The quantitative estimate of drug-likeness (QED) is 0.644. The normalized spacial score (nSPS) is 14.4. The lowest BCUT2D eigenvalue weighted by atomic mass is 9.97. The first-order valence-electron chi connectivity index (χ1n) is 4.39. The smallest absolute Gasteiger partial charge is 0.303 e. The molecule has 0 spiro atoms. The molecular weight excluding hydrogens is 152 g/mol. The minimum atomic E-state index is -0.694. The van der Waals surface area contributed by atoms with Crippen LogP contribution in [0.15, 0.2) is 11.6 Å². The number of rotatable bonds is 5. The van der Waals surface area contributed by atoms with Crippen LogP contribution in [0.3, 0.4) is 0 Å². The van der Waals surface area contributed by atoms with Crippen molar-refractivity contribution in [2.45, 2.75) is 40.0 Å². The van der Waals surface area contributed by atoms with Gasteiger partial charge in [0.1, 0.15) is 0 Å². The van der Waals surface area contributed by atoms with Crippen molar-refractivity contribution in [1.29, 1.82) is 0 Å². The van der Waals surface area contributed by atoms with Crippen molar-refractivity contribution in [3.63, 3.8) is 0 Å². The van der Waals surface area contributed by atoms with Crippen molar-refractivity contribution in [2.24, 2.45) is 5.92 Å². The van der Waals surface area contributed by atoms with E-state index in [9.17, 15) is 4.79 Å². The molecule has 0 saturated carbocycles. The first-order chi connectivity index (χ1) is 5.56. The van der Waals surface area contributed by atoms with Gasteiger partial charge in [-0.3, -0.25) is 4.79 Å². The summed E-state index contributed by atoms with van der Waals surface area (Å²) >= 11 is 0. The molecule has 2 nitrogen and oxygen atoms in total. The molecule has 0 radical (unpaired) electrons. The zero-order valence-electron chi connectivity index (χ0n) is 8.13. The molecular formula is C10H18O2. The maximum Gasteiger partial charge on any atom is 0.303 e. The zero-order chi connectivity index (χ0) is 9.56. The first kappa shape index (κ1) is 11.2. The van der Waals surface area contributed by atoms with E-state index < -0.39 is 5.97 Å². The van der Waals surface area contributed by atoms with Crippen LogP contribution in [0.25, 0.3) is 0 Å². The third kappa shape index (κ3) is 5.96. The highest BCUT2D eigenvalue weighted by Gasteiger charge is 2.05. The average Bonchev–Trinajstić information content (AvgIpc) is 2.00. The van der Waals surface area contributed by atoms with Crippen LogP contribution in [-0.4, -0.2) is 11.1 Å². The van der Waals surface area contributed by atoms with Gasteiger partial charge in [0.05, 0.1) is 0 Å². The van der Waals surface area contributed by atoms with Crippen molar-refractivity contribution in [3.05, 3.63) is 11.6 Å². The van der Waals surface area contributed by atoms with Crippen LogP contribution in [0.5, 0.6) is 0 Å². The molecule has 70 valence electrons. The molecule has 0 saturated heterocycles. The molecule has 0 rings (SSSR count). The molecule has 0 aliphatic carbocycles. The second kappa shape index (κ2) is 5.81. The summed E-state index contributed by atoms with van der Waals surface area (Å²) in [7, 11) is 0. The Morgan fingerprint density at radius 1 is 1.58 bits per heavy atom. The van der Waals surface area contributed by atoms with Gasteiger partial charge in [-0.2, -0.15) is 0 Å². The molecule has 0 amide bonds.